The second-order valence-electron chi connectivity index (χ2n) is 5.90. The second-order valence-corrected chi connectivity index (χ2v) is 7.91. The molecule has 1 fully saturated rings. The molecule has 8 heteroatoms. The quantitative estimate of drug-likeness (QED) is 0.911. The molecule has 24 heavy (non-hydrogen) atoms. The molecule has 0 atom stereocenters. The summed E-state index contributed by atoms with van der Waals surface area (Å²) in [5.41, 5.74) is 2.66. The minimum absolute atomic E-state index is 0.124. The van der Waals surface area contributed by atoms with Crippen molar-refractivity contribution in [3.63, 3.8) is 0 Å². The fourth-order valence-corrected chi connectivity index (χ4v) is 4.42. The normalized spacial score (nSPS) is 16.3. The maximum atomic E-state index is 12.0. The van der Waals surface area contributed by atoms with Gasteiger partial charge >= 0.3 is 0 Å². The zero-order valence-electron chi connectivity index (χ0n) is 13.6. The van der Waals surface area contributed by atoms with Gasteiger partial charge in [-0.1, -0.05) is 5.16 Å². The van der Waals surface area contributed by atoms with Crippen LogP contribution >= 0.6 is 0 Å². The van der Waals surface area contributed by atoms with E-state index in [1.165, 1.54) is 4.31 Å². The lowest BCUT2D eigenvalue weighted by Crippen LogP contribution is -2.25. The van der Waals surface area contributed by atoms with Crippen molar-refractivity contribution < 1.29 is 17.7 Å². The number of sulfonamides is 1. The number of nitrogens with one attached hydrogen (secondary N) is 1. The highest BCUT2D eigenvalue weighted by Gasteiger charge is 2.29. The van der Waals surface area contributed by atoms with Gasteiger partial charge in [-0.3, -0.25) is 9.10 Å². The third-order valence-corrected chi connectivity index (χ3v) is 5.72. The van der Waals surface area contributed by atoms with Crippen molar-refractivity contribution >= 4 is 27.3 Å². The van der Waals surface area contributed by atoms with E-state index in [0.29, 0.717) is 35.8 Å². The zero-order chi connectivity index (χ0) is 17.3. The van der Waals surface area contributed by atoms with Crippen LogP contribution in [0.1, 0.15) is 23.4 Å². The summed E-state index contributed by atoms with van der Waals surface area (Å²) in [6, 6.07) is 6.93. The Bertz CT molecular complexity index is 873. The van der Waals surface area contributed by atoms with Crippen LogP contribution < -0.4 is 9.62 Å². The molecule has 1 aliphatic rings. The van der Waals surface area contributed by atoms with Gasteiger partial charge in [0.25, 0.3) is 0 Å². The highest BCUT2D eigenvalue weighted by molar-refractivity contribution is 7.93. The molecule has 128 valence electrons. The van der Waals surface area contributed by atoms with Crippen molar-refractivity contribution in [3.05, 3.63) is 41.3 Å². The van der Waals surface area contributed by atoms with Gasteiger partial charge in [0.1, 0.15) is 5.76 Å². The maximum absolute atomic E-state index is 12.0. The molecule has 3 rings (SSSR count). The van der Waals surface area contributed by atoms with Gasteiger partial charge < -0.3 is 9.84 Å². The third-order valence-electron chi connectivity index (χ3n) is 3.87. The SMILES string of the molecule is Cc1cc(CC(=O)Nc2ccc(N3CCCS3(=O)=O)c(C)c2)no1. The Morgan fingerprint density at radius 1 is 1.33 bits per heavy atom. The van der Waals surface area contributed by atoms with Gasteiger partial charge in [0.05, 0.1) is 23.6 Å². The Morgan fingerprint density at radius 3 is 2.71 bits per heavy atom. The van der Waals surface area contributed by atoms with Crippen molar-refractivity contribution in [3.8, 4) is 0 Å². The van der Waals surface area contributed by atoms with Crippen LogP contribution in [0, 0.1) is 13.8 Å². The molecule has 1 aromatic carbocycles. The summed E-state index contributed by atoms with van der Waals surface area (Å²) in [6.45, 7) is 4.10. The van der Waals surface area contributed by atoms with Crippen LogP contribution in [0.25, 0.3) is 0 Å². The Kier molecular flexibility index (Phi) is 4.31. The van der Waals surface area contributed by atoms with Crippen LogP contribution in [-0.2, 0) is 21.2 Å². The number of rotatable bonds is 4. The van der Waals surface area contributed by atoms with Gasteiger partial charge in [-0.25, -0.2) is 8.42 Å². The minimum atomic E-state index is -3.21. The van der Waals surface area contributed by atoms with E-state index in [9.17, 15) is 13.2 Å². The zero-order valence-corrected chi connectivity index (χ0v) is 14.4. The lowest BCUT2D eigenvalue weighted by atomic mass is 10.1. The molecule has 1 aliphatic heterocycles. The standard InChI is InChI=1S/C16H19N3O4S/c1-11-8-13(17-16(20)10-14-9-12(2)23-18-14)4-5-15(11)19-6-3-7-24(19,21)22/h4-5,8-9H,3,6-7,10H2,1-2H3,(H,17,20). The summed E-state index contributed by atoms with van der Waals surface area (Å²) in [7, 11) is -3.21. The Morgan fingerprint density at radius 2 is 2.12 bits per heavy atom. The van der Waals surface area contributed by atoms with Gasteiger partial charge in [-0.05, 0) is 44.0 Å². The number of anilines is 2. The summed E-state index contributed by atoms with van der Waals surface area (Å²) < 4.78 is 30.4. The van der Waals surface area contributed by atoms with E-state index < -0.39 is 10.0 Å². The van der Waals surface area contributed by atoms with E-state index in [4.69, 9.17) is 4.52 Å². The molecule has 7 nitrogen and oxygen atoms in total. The van der Waals surface area contributed by atoms with Crippen LogP contribution in [0.15, 0.2) is 28.8 Å². The van der Waals surface area contributed by atoms with Gasteiger partial charge in [0.2, 0.25) is 15.9 Å². The first-order valence-electron chi connectivity index (χ1n) is 7.68. The molecule has 0 saturated carbocycles. The van der Waals surface area contributed by atoms with Gasteiger partial charge in [0.15, 0.2) is 0 Å². The molecule has 1 N–H and O–H groups in total. The topological polar surface area (TPSA) is 92.5 Å². The number of carbonyl (C=O) groups is 1. The predicted octanol–water partition coefficient (Wildman–Crippen LogP) is 2.01. The van der Waals surface area contributed by atoms with Gasteiger partial charge in [0, 0.05) is 18.3 Å². The Balaban J connectivity index is 1.71. The predicted molar refractivity (Wildman–Crippen MR) is 90.5 cm³/mol. The van der Waals surface area contributed by atoms with E-state index in [-0.39, 0.29) is 18.1 Å². The molecule has 0 radical (unpaired) electrons. The van der Waals surface area contributed by atoms with Crippen LogP contribution in [-0.4, -0.2) is 31.8 Å². The fraction of sp³-hybridized carbons (Fsp3) is 0.375. The molecule has 2 aromatic rings. The third kappa shape index (κ3) is 3.43. The molecule has 0 bridgehead atoms. The molecule has 1 aromatic heterocycles. The van der Waals surface area contributed by atoms with Crippen LogP contribution in [0.5, 0.6) is 0 Å². The Labute approximate surface area is 140 Å². The molecular weight excluding hydrogens is 330 g/mol. The fourth-order valence-electron chi connectivity index (χ4n) is 2.79. The van der Waals surface area contributed by atoms with Gasteiger partial charge in [-0.15, -0.1) is 0 Å². The number of nitrogens with zero attached hydrogens (tertiary/aromatic N) is 2. The van der Waals surface area contributed by atoms with Crippen molar-refractivity contribution in [1.82, 2.24) is 5.16 Å². The maximum Gasteiger partial charge on any atom is 0.235 e. The highest BCUT2D eigenvalue weighted by Crippen LogP contribution is 2.29. The molecule has 2 heterocycles. The first-order valence-corrected chi connectivity index (χ1v) is 9.29. The van der Waals surface area contributed by atoms with E-state index in [1.54, 1.807) is 31.2 Å². The number of hydrogen-bond donors (Lipinski definition) is 1. The second kappa shape index (κ2) is 6.27. The largest absolute Gasteiger partial charge is 0.361 e. The van der Waals surface area contributed by atoms with E-state index in [2.05, 4.69) is 10.5 Å². The molecule has 1 amide bonds. The van der Waals surface area contributed by atoms with Crippen LogP contribution in [0.4, 0.5) is 11.4 Å². The molecular formula is C16H19N3O4S. The number of aryl methyl sites for hydroxylation is 2. The van der Waals surface area contributed by atoms with Crippen molar-refractivity contribution in [1.29, 1.82) is 0 Å². The summed E-state index contributed by atoms with van der Waals surface area (Å²) in [4.78, 5) is 12.0. The summed E-state index contributed by atoms with van der Waals surface area (Å²) >= 11 is 0. The van der Waals surface area contributed by atoms with Crippen LogP contribution in [0.2, 0.25) is 0 Å². The summed E-state index contributed by atoms with van der Waals surface area (Å²) in [6.07, 6.45) is 0.760. The molecule has 1 saturated heterocycles. The molecule has 0 aliphatic carbocycles. The van der Waals surface area contributed by atoms with Crippen LogP contribution in [0.3, 0.4) is 0 Å². The van der Waals surface area contributed by atoms with Crippen molar-refractivity contribution in [2.45, 2.75) is 26.7 Å². The van der Waals surface area contributed by atoms with E-state index in [0.717, 1.165) is 5.56 Å². The number of benzene rings is 1. The highest BCUT2D eigenvalue weighted by atomic mass is 32.2. The average Bonchev–Trinajstić information content (AvgIpc) is 3.04. The lowest BCUT2D eigenvalue weighted by molar-refractivity contribution is -0.115. The number of amides is 1. The lowest BCUT2D eigenvalue weighted by Gasteiger charge is -2.20. The summed E-state index contributed by atoms with van der Waals surface area (Å²) in [5.74, 6) is 0.635. The van der Waals surface area contributed by atoms with Gasteiger partial charge in [-0.2, -0.15) is 0 Å². The number of aromatic nitrogens is 1. The van der Waals surface area contributed by atoms with Crippen molar-refractivity contribution in [2.24, 2.45) is 0 Å². The first-order chi connectivity index (χ1) is 11.3. The number of hydrogen-bond acceptors (Lipinski definition) is 5. The minimum Gasteiger partial charge on any atom is -0.361 e. The van der Waals surface area contributed by atoms with Crippen molar-refractivity contribution in [2.75, 3.05) is 21.9 Å². The first kappa shape index (κ1) is 16.5. The monoisotopic (exact) mass is 349 g/mol. The molecule has 0 spiro atoms. The Hall–Kier alpha value is -2.35. The van der Waals surface area contributed by atoms with E-state index in [1.807, 2.05) is 6.92 Å². The molecule has 0 unspecified atom stereocenters. The summed E-state index contributed by atoms with van der Waals surface area (Å²) in [5, 5.41) is 6.58. The number of carbonyl (C=O) groups excluding carboxylic acids is 1. The average molecular weight is 349 g/mol. The smallest absolute Gasteiger partial charge is 0.235 e. The van der Waals surface area contributed by atoms with E-state index >= 15 is 0 Å².